The van der Waals surface area contributed by atoms with Gasteiger partial charge in [-0.25, -0.2) is 0 Å². The molecule has 6 heteroatoms. The molecular formula is C24H51N3O3. The van der Waals surface area contributed by atoms with Gasteiger partial charge in [-0.15, -0.1) is 0 Å². The Balaban J connectivity index is 0. The summed E-state index contributed by atoms with van der Waals surface area (Å²) in [5.41, 5.74) is 0. The lowest BCUT2D eigenvalue weighted by molar-refractivity contribution is -0.142. The van der Waals surface area contributed by atoms with Gasteiger partial charge in [-0.3, -0.25) is 9.59 Å². The lowest BCUT2D eigenvalue weighted by Crippen LogP contribution is -2.43. The lowest BCUT2D eigenvalue weighted by Gasteiger charge is -2.29. The van der Waals surface area contributed by atoms with Crippen LogP contribution in [0.5, 0.6) is 0 Å². The van der Waals surface area contributed by atoms with Crippen molar-refractivity contribution in [1.82, 2.24) is 15.5 Å². The van der Waals surface area contributed by atoms with Gasteiger partial charge in [-0.05, 0) is 59.5 Å². The van der Waals surface area contributed by atoms with E-state index in [0.717, 1.165) is 6.04 Å². The van der Waals surface area contributed by atoms with Gasteiger partial charge >= 0.3 is 5.97 Å². The average Bonchev–Trinajstić information content (AvgIpc) is 2.66. The van der Waals surface area contributed by atoms with Crippen LogP contribution in [-0.2, 0) is 14.3 Å². The van der Waals surface area contributed by atoms with Crippen molar-refractivity contribution in [2.45, 2.75) is 113 Å². The molecule has 0 spiro atoms. The highest BCUT2D eigenvalue weighted by atomic mass is 16.5. The number of carbonyl (C=O) groups excluding carboxylic acids is 2. The molecule has 0 bridgehead atoms. The topological polar surface area (TPSA) is 70.7 Å². The number of hydrogen-bond acceptors (Lipinski definition) is 6. The summed E-state index contributed by atoms with van der Waals surface area (Å²) in [5, 5.41) is 6.18. The molecule has 0 aliphatic carbocycles. The molecule has 1 atom stereocenters. The summed E-state index contributed by atoms with van der Waals surface area (Å²) < 4.78 is 4.69. The van der Waals surface area contributed by atoms with Crippen LogP contribution < -0.4 is 10.6 Å². The van der Waals surface area contributed by atoms with E-state index in [9.17, 15) is 9.59 Å². The van der Waals surface area contributed by atoms with E-state index in [2.05, 4.69) is 57.1 Å². The first-order valence-electron chi connectivity index (χ1n) is 11.8. The maximum atomic E-state index is 11.1. The van der Waals surface area contributed by atoms with E-state index < -0.39 is 0 Å². The number of hydrogen-bond donors (Lipinski definition) is 2. The smallest absolute Gasteiger partial charge is 0.319 e. The van der Waals surface area contributed by atoms with Gasteiger partial charge in [0.2, 0.25) is 0 Å². The first kappa shape index (κ1) is 31.2. The van der Waals surface area contributed by atoms with Crippen molar-refractivity contribution in [2.75, 3.05) is 26.2 Å². The Kier molecular flexibility index (Phi) is 19.5. The van der Waals surface area contributed by atoms with Crippen molar-refractivity contribution in [3.8, 4) is 0 Å². The minimum atomic E-state index is -0.184. The fraction of sp³-hybridized carbons (Fsp3) is 0.917. The number of ether oxygens (including phenoxy) is 1. The summed E-state index contributed by atoms with van der Waals surface area (Å²) in [7, 11) is 0. The normalized spacial score (nSPS) is 15.4. The molecule has 180 valence electrons. The molecule has 1 aliphatic rings. The molecule has 1 heterocycles. The molecule has 1 fully saturated rings. The number of nitrogens with one attached hydrogen (secondary N) is 2. The van der Waals surface area contributed by atoms with Crippen molar-refractivity contribution in [2.24, 2.45) is 5.92 Å². The molecule has 2 N–H and O–H groups in total. The Morgan fingerprint density at radius 2 is 1.43 bits per heavy atom. The van der Waals surface area contributed by atoms with E-state index in [1.54, 1.807) is 13.8 Å². The Labute approximate surface area is 186 Å². The minimum Gasteiger partial charge on any atom is -0.465 e. The van der Waals surface area contributed by atoms with Crippen LogP contribution in [0.3, 0.4) is 0 Å². The van der Waals surface area contributed by atoms with E-state index in [1.807, 2.05) is 13.8 Å². The van der Waals surface area contributed by atoms with E-state index in [0.29, 0.717) is 31.2 Å². The quantitative estimate of drug-likeness (QED) is 0.539. The Morgan fingerprint density at radius 3 is 1.70 bits per heavy atom. The first-order chi connectivity index (χ1) is 13.9. The summed E-state index contributed by atoms with van der Waals surface area (Å²) in [6, 6.07) is 1.51. The van der Waals surface area contributed by atoms with E-state index in [1.165, 1.54) is 32.4 Å². The fourth-order valence-electron chi connectivity index (χ4n) is 3.07. The molecule has 0 aromatic carbocycles. The molecule has 1 aliphatic heterocycles. The van der Waals surface area contributed by atoms with Crippen LogP contribution in [0.4, 0.5) is 0 Å². The van der Waals surface area contributed by atoms with Crippen LogP contribution >= 0.6 is 0 Å². The second-order valence-corrected chi connectivity index (χ2v) is 9.18. The second kappa shape index (κ2) is 18.8. The lowest BCUT2D eigenvalue weighted by atomic mass is 10.0. The van der Waals surface area contributed by atoms with Crippen molar-refractivity contribution in [3.63, 3.8) is 0 Å². The molecule has 6 nitrogen and oxygen atoms in total. The molecule has 0 radical (unpaired) electrons. The first-order valence-corrected chi connectivity index (χ1v) is 11.8. The number of ketones is 1. The van der Waals surface area contributed by atoms with Gasteiger partial charge in [0.05, 0.1) is 19.2 Å². The van der Waals surface area contributed by atoms with E-state index >= 15 is 0 Å². The monoisotopic (exact) mass is 429 g/mol. The molecule has 1 rings (SSSR count). The maximum Gasteiger partial charge on any atom is 0.319 e. The van der Waals surface area contributed by atoms with Gasteiger partial charge in [0, 0.05) is 18.1 Å². The molecule has 0 saturated carbocycles. The minimum absolute atomic E-state index is 0.0231. The van der Waals surface area contributed by atoms with Gasteiger partial charge in [-0.1, -0.05) is 48.0 Å². The average molecular weight is 430 g/mol. The van der Waals surface area contributed by atoms with Crippen molar-refractivity contribution < 1.29 is 14.3 Å². The standard InChI is InChI=1S/C9H19NO.C8H17N.C7H15NO2/c1-6(2)9(8(5)11)10-7(3)4;1-8(2)9-6-4-3-5-7-9;1-4-10-7(9)5-8-6(2)3/h6-7,9-10H,1-5H3;8H,3-7H2,1-2H3;6,8H,4-5H2,1-3H3/t9-;;/m0../s1. The highest BCUT2D eigenvalue weighted by Crippen LogP contribution is 2.10. The number of likely N-dealkylation sites (tertiary alicyclic amines) is 1. The van der Waals surface area contributed by atoms with Crippen molar-refractivity contribution >= 4 is 11.8 Å². The number of esters is 1. The third-order valence-electron chi connectivity index (χ3n) is 4.70. The van der Waals surface area contributed by atoms with Crippen LogP contribution in [0, 0.1) is 5.92 Å². The Hall–Kier alpha value is -0.980. The number of nitrogens with zero attached hydrogens (tertiary/aromatic N) is 1. The molecular weight excluding hydrogens is 378 g/mol. The maximum absolute atomic E-state index is 11.1. The van der Waals surface area contributed by atoms with Crippen LogP contribution in [0.2, 0.25) is 0 Å². The molecule has 30 heavy (non-hydrogen) atoms. The van der Waals surface area contributed by atoms with E-state index in [-0.39, 0.29) is 17.8 Å². The van der Waals surface area contributed by atoms with Gasteiger partial charge in [0.25, 0.3) is 0 Å². The zero-order valence-corrected chi connectivity index (χ0v) is 21.5. The van der Waals surface area contributed by atoms with Gasteiger partial charge < -0.3 is 20.3 Å². The Bertz CT molecular complexity index is 431. The molecule has 0 amide bonds. The SMILES string of the molecule is CC(=O)[C@@H](NC(C)C)C(C)C.CC(C)N1CCCCC1.CCOC(=O)CNC(C)C. The molecule has 0 aromatic rings. The number of carbonyl (C=O) groups is 2. The highest BCUT2D eigenvalue weighted by Gasteiger charge is 2.18. The van der Waals surface area contributed by atoms with Crippen molar-refractivity contribution in [3.05, 3.63) is 0 Å². The third-order valence-corrected chi connectivity index (χ3v) is 4.70. The zero-order chi connectivity index (χ0) is 23.7. The summed E-state index contributed by atoms with van der Waals surface area (Å²) in [4.78, 5) is 24.3. The fourth-order valence-corrected chi connectivity index (χ4v) is 3.07. The van der Waals surface area contributed by atoms with Crippen LogP contribution in [0.25, 0.3) is 0 Å². The van der Waals surface area contributed by atoms with Crippen LogP contribution in [0.15, 0.2) is 0 Å². The largest absolute Gasteiger partial charge is 0.465 e. The predicted octanol–water partition coefficient (Wildman–Crippen LogP) is 4.03. The molecule has 0 aromatic heterocycles. The Morgan fingerprint density at radius 1 is 0.900 bits per heavy atom. The summed E-state index contributed by atoms with van der Waals surface area (Å²) in [6.45, 7) is 23.6. The predicted molar refractivity (Wildman–Crippen MR) is 128 cm³/mol. The highest BCUT2D eigenvalue weighted by molar-refractivity contribution is 5.81. The summed E-state index contributed by atoms with van der Waals surface area (Å²) in [5.74, 6) is 0.430. The summed E-state index contributed by atoms with van der Waals surface area (Å²) >= 11 is 0. The van der Waals surface area contributed by atoms with Gasteiger partial charge in [-0.2, -0.15) is 0 Å². The summed E-state index contributed by atoms with van der Waals surface area (Å²) in [6.07, 6.45) is 4.28. The van der Waals surface area contributed by atoms with Crippen LogP contribution in [-0.4, -0.2) is 67.1 Å². The van der Waals surface area contributed by atoms with E-state index in [4.69, 9.17) is 4.74 Å². The number of Topliss-reactive ketones (excluding diaryl/α,β-unsaturated/α-hetero) is 1. The number of rotatable bonds is 9. The second-order valence-electron chi connectivity index (χ2n) is 9.18. The molecule has 0 unspecified atom stereocenters. The van der Waals surface area contributed by atoms with Crippen LogP contribution in [0.1, 0.15) is 88.5 Å². The zero-order valence-electron chi connectivity index (χ0n) is 21.5. The third kappa shape index (κ3) is 19.0. The molecule has 1 saturated heterocycles. The van der Waals surface area contributed by atoms with Gasteiger partial charge in [0.1, 0.15) is 5.78 Å². The van der Waals surface area contributed by atoms with Gasteiger partial charge in [0.15, 0.2) is 0 Å². The number of piperidine rings is 1. The van der Waals surface area contributed by atoms with Crippen molar-refractivity contribution in [1.29, 1.82) is 0 Å².